The predicted molar refractivity (Wildman–Crippen MR) is 94.7 cm³/mol. The van der Waals surface area contributed by atoms with Gasteiger partial charge in [0.25, 0.3) is 0 Å². The van der Waals surface area contributed by atoms with Gasteiger partial charge in [-0.15, -0.1) is 10.2 Å². The Morgan fingerprint density at radius 1 is 1.04 bits per heavy atom. The van der Waals surface area contributed by atoms with Crippen LogP contribution in [0.15, 0.2) is 46.8 Å². The first kappa shape index (κ1) is 16.0. The van der Waals surface area contributed by atoms with E-state index in [-0.39, 0.29) is 5.92 Å². The van der Waals surface area contributed by atoms with E-state index in [9.17, 15) is 0 Å². The highest BCUT2D eigenvalue weighted by molar-refractivity contribution is 6.35. The van der Waals surface area contributed by atoms with Gasteiger partial charge < -0.3 is 0 Å². The molecule has 118 valence electrons. The Labute approximate surface area is 144 Å². The quantitative estimate of drug-likeness (QED) is 0.499. The van der Waals surface area contributed by atoms with Crippen molar-refractivity contribution in [3.63, 3.8) is 0 Å². The van der Waals surface area contributed by atoms with Gasteiger partial charge >= 0.3 is 0 Å². The lowest BCUT2D eigenvalue weighted by Crippen LogP contribution is -1.88. The number of aryl methyl sites for hydroxylation is 1. The average Bonchev–Trinajstić information content (AvgIpc) is 2.82. The SMILES string of the molecule is Cc1ccc2nc(C(C)C)c(N=Nc3cc(Cl)cc(Cl)c3)n2c1. The number of pyridine rings is 1. The van der Waals surface area contributed by atoms with E-state index in [0.717, 1.165) is 22.7 Å². The number of fused-ring (bicyclic) bond motifs is 1. The van der Waals surface area contributed by atoms with Crippen molar-refractivity contribution in [1.29, 1.82) is 0 Å². The third kappa shape index (κ3) is 3.38. The number of imidazole rings is 1. The summed E-state index contributed by atoms with van der Waals surface area (Å²) in [6, 6.07) is 9.13. The van der Waals surface area contributed by atoms with E-state index in [1.54, 1.807) is 18.2 Å². The molecule has 1 aromatic carbocycles. The standard InChI is InChI=1S/C17H16Cl2N4/c1-10(2)16-17(23-9-11(3)4-5-15(23)20-16)22-21-14-7-12(18)6-13(19)8-14/h4-10H,1-3H3. The summed E-state index contributed by atoms with van der Waals surface area (Å²) in [5.74, 6) is 0.974. The summed E-state index contributed by atoms with van der Waals surface area (Å²) in [7, 11) is 0. The molecule has 0 saturated carbocycles. The minimum atomic E-state index is 0.243. The van der Waals surface area contributed by atoms with Gasteiger partial charge in [-0.1, -0.05) is 43.1 Å². The summed E-state index contributed by atoms with van der Waals surface area (Å²) in [6.45, 7) is 6.21. The molecule has 0 unspecified atom stereocenters. The van der Waals surface area contributed by atoms with Crippen LogP contribution in [-0.4, -0.2) is 9.38 Å². The molecule has 0 radical (unpaired) electrons. The van der Waals surface area contributed by atoms with Crippen LogP contribution in [-0.2, 0) is 0 Å². The van der Waals surface area contributed by atoms with Crippen molar-refractivity contribution in [2.24, 2.45) is 10.2 Å². The van der Waals surface area contributed by atoms with Crippen LogP contribution in [0.4, 0.5) is 11.5 Å². The lowest BCUT2D eigenvalue weighted by molar-refractivity contribution is 0.831. The Morgan fingerprint density at radius 2 is 1.74 bits per heavy atom. The zero-order valence-corrected chi connectivity index (χ0v) is 14.6. The highest BCUT2D eigenvalue weighted by atomic mass is 35.5. The number of nitrogens with zero attached hydrogens (tertiary/aromatic N) is 4. The van der Waals surface area contributed by atoms with Crippen LogP contribution in [0.2, 0.25) is 10.0 Å². The zero-order chi connectivity index (χ0) is 16.6. The van der Waals surface area contributed by atoms with Crippen LogP contribution in [0, 0.1) is 6.92 Å². The minimum absolute atomic E-state index is 0.243. The second kappa shape index (κ2) is 6.30. The summed E-state index contributed by atoms with van der Waals surface area (Å²) in [5, 5.41) is 9.77. The van der Waals surface area contributed by atoms with Gasteiger partial charge in [0.1, 0.15) is 5.65 Å². The number of benzene rings is 1. The van der Waals surface area contributed by atoms with Crippen molar-refractivity contribution >= 4 is 40.4 Å². The monoisotopic (exact) mass is 346 g/mol. The molecular weight excluding hydrogens is 331 g/mol. The summed E-state index contributed by atoms with van der Waals surface area (Å²) in [6.07, 6.45) is 2.01. The number of aromatic nitrogens is 2. The van der Waals surface area contributed by atoms with Crippen molar-refractivity contribution < 1.29 is 0 Å². The molecule has 3 aromatic rings. The fourth-order valence-electron chi connectivity index (χ4n) is 2.35. The normalized spacial score (nSPS) is 11.9. The topological polar surface area (TPSA) is 42.0 Å². The average molecular weight is 347 g/mol. The summed E-state index contributed by atoms with van der Waals surface area (Å²) in [5.41, 5.74) is 3.51. The molecule has 2 heterocycles. The molecule has 6 heteroatoms. The number of hydrogen-bond donors (Lipinski definition) is 0. The molecule has 0 N–H and O–H groups in total. The molecule has 23 heavy (non-hydrogen) atoms. The van der Waals surface area contributed by atoms with Gasteiger partial charge in [-0.05, 0) is 42.7 Å². The molecule has 0 saturated heterocycles. The Bertz CT molecular complexity index is 877. The summed E-state index contributed by atoms with van der Waals surface area (Å²) in [4.78, 5) is 4.66. The first-order valence-corrected chi connectivity index (χ1v) is 8.06. The molecule has 0 spiro atoms. The predicted octanol–water partition coefficient (Wildman–Crippen LogP) is 6.49. The van der Waals surface area contributed by atoms with Gasteiger partial charge in [-0.25, -0.2) is 4.98 Å². The molecule has 0 atom stereocenters. The van der Waals surface area contributed by atoms with Crippen molar-refractivity contribution in [3.05, 3.63) is 57.8 Å². The van der Waals surface area contributed by atoms with Crippen LogP contribution >= 0.6 is 23.2 Å². The lowest BCUT2D eigenvalue weighted by atomic mass is 10.1. The molecule has 0 amide bonds. The second-order valence-corrected chi connectivity index (χ2v) is 6.61. The van der Waals surface area contributed by atoms with Gasteiger partial charge in [-0.2, -0.15) is 0 Å². The molecule has 0 aliphatic carbocycles. The highest BCUT2D eigenvalue weighted by Crippen LogP contribution is 2.31. The molecule has 0 aliphatic rings. The summed E-state index contributed by atoms with van der Waals surface area (Å²) >= 11 is 12.0. The Hall–Kier alpha value is -1.91. The maximum absolute atomic E-state index is 6.00. The van der Waals surface area contributed by atoms with Crippen LogP contribution in [0.25, 0.3) is 5.65 Å². The number of rotatable bonds is 3. The fraction of sp³-hybridized carbons (Fsp3) is 0.235. The van der Waals surface area contributed by atoms with Crippen molar-refractivity contribution in [2.45, 2.75) is 26.7 Å². The minimum Gasteiger partial charge on any atom is -0.283 e. The third-order valence-corrected chi connectivity index (χ3v) is 3.86. The first-order chi connectivity index (χ1) is 10.9. The largest absolute Gasteiger partial charge is 0.283 e. The van der Waals surface area contributed by atoms with E-state index in [1.807, 2.05) is 29.7 Å². The third-order valence-electron chi connectivity index (χ3n) is 3.42. The van der Waals surface area contributed by atoms with Crippen LogP contribution in [0.1, 0.15) is 31.0 Å². The van der Waals surface area contributed by atoms with Gasteiger partial charge in [-0.3, -0.25) is 4.40 Å². The Balaban J connectivity index is 2.12. The van der Waals surface area contributed by atoms with Gasteiger partial charge in [0.15, 0.2) is 5.82 Å². The van der Waals surface area contributed by atoms with E-state index in [1.165, 1.54) is 0 Å². The van der Waals surface area contributed by atoms with Gasteiger partial charge in [0, 0.05) is 16.2 Å². The molecular formula is C17H16Cl2N4. The smallest absolute Gasteiger partial charge is 0.183 e. The molecule has 0 aliphatic heterocycles. The summed E-state index contributed by atoms with van der Waals surface area (Å²) < 4.78 is 1.96. The maximum Gasteiger partial charge on any atom is 0.183 e. The van der Waals surface area contributed by atoms with E-state index in [4.69, 9.17) is 23.2 Å². The van der Waals surface area contributed by atoms with Gasteiger partial charge in [0.2, 0.25) is 0 Å². The molecule has 2 aromatic heterocycles. The number of hydrogen-bond acceptors (Lipinski definition) is 3. The number of azo groups is 1. The fourth-order valence-corrected chi connectivity index (χ4v) is 2.86. The highest BCUT2D eigenvalue weighted by Gasteiger charge is 2.15. The molecule has 0 fully saturated rings. The van der Waals surface area contributed by atoms with Crippen molar-refractivity contribution in [2.75, 3.05) is 0 Å². The molecule has 3 rings (SSSR count). The van der Waals surface area contributed by atoms with Crippen LogP contribution < -0.4 is 0 Å². The van der Waals surface area contributed by atoms with E-state index >= 15 is 0 Å². The maximum atomic E-state index is 6.00. The van der Waals surface area contributed by atoms with Crippen molar-refractivity contribution in [3.8, 4) is 0 Å². The van der Waals surface area contributed by atoms with Gasteiger partial charge in [0.05, 0.1) is 11.4 Å². The first-order valence-electron chi connectivity index (χ1n) is 7.30. The van der Waals surface area contributed by atoms with E-state index < -0.39 is 0 Å². The Morgan fingerprint density at radius 3 is 2.39 bits per heavy atom. The second-order valence-electron chi connectivity index (χ2n) is 5.74. The molecule has 4 nitrogen and oxygen atoms in total. The van der Waals surface area contributed by atoms with Crippen LogP contribution in [0.3, 0.4) is 0 Å². The van der Waals surface area contributed by atoms with Crippen molar-refractivity contribution in [1.82, 2.24) is 9.38 Å². The Kier molecular flexibility index (Phi) is 4.37. The van der Waals surface area contributed by atoms with E-state index in [0.29, 0.717) is 15.7 Å². The van der Waals surface area contributed by atoms with Crippen LogP contribution in [0.5, 0.6) is 0 Å². The van der Waals surface area contributed by atoms with E-state index in [2.05, 4.69) is 29.1 Å². The number of halogens is 2. The molecule has 0 bridgehead atoms. The lowest BCUT2D eigenvalue weighted by Gasteiger charge is -2.02. The zero-order valence-electron chi connectivity index (χ0n) is 13.1.